The Bertz CT molecular complexity index is 544. The monoisotopic (exact) mass is 201 g/mol. The first-order valence-corrected chi connectivity index (χ1v) is 5.18. The molecule has 0 radical (unpaired) electrons. The van der Waals surface area contributed by atoms with Crippen LogP contribution in [0.15, 0.2) is 12.1 Å². The molecule has 1 aliphatic rings. The van der Waals surface area contributed by atoms with Gasteiger partial charge < -0.3 is 0 Å². The zero-order valence-electron chi connectivity index (χ0n) is 8.45. The Balaban J connectivity index is 2.26. The molecule has 1 aromatic heterocycles. The van der Waals surface area contributed by atoms with E-state index in [2.05, 4.69) is 22.3 Å². The van der Waals surface area contributed by atoms with E-state index in [1.54, 1.807) is 0 Å². The molecule has 1 unspecified atom stereocenters. The average Bonchev–Trinajstić information content (AvgIpc) is 2.82. The van der Waals surface area contributed by atoms with Crippen LogP contribution in [-0.2, 0) is 6.42 Å². The van der Waals surface area contributed by atoms with Crippen molar-refractivity contribution in [3.63, 3.8) is 0 Å². The standard InChI is InChI=1S/C11H11N3O/c1-2-6-5-8-7(11(6)15)3-4-9-10(8)13-14-12-9/h3-4,6H,2,5H2,1H3,(H,12,13,14). The maximum Gasteiger partial charge on any atom is 0.166 e. The van der Waals surface area contributed by atoms with Gasteiger partial charge in [0, 0.05) is 11.5 Å². The minimum absolute atomic E-state index is 0.141. The van der Waals surface area contributed by atoms with E-state index in [-0.39, 0.29) is 11.7 Å². The number of benzene rings is 1. The summed E-state index contributed by atoms with van der Waals surface area (Å²) >= 11 is 0. The van der Waals surface area contributed by atoms with Gasteiger partial charge in [-0.25, -0.2) is 0 Å². The van der Waals surface area contributed by atoms with Crippen LogP contribution < -0.4 is 0 Å². The highest BCUT2D eigenvalue weighted by Gasteiger charge is 2.31. The van der Waals surface area contributed by atoms with E-state index in [4.69, 9.17) is 0 Å². The van der Waals surface area contributed by atoms with Gasteiger partial charge in [0.15, 0.2) is 5.78 Å². The molecule has 0 fully saturated rings. The van der Waals surface area contributed by atoms with Gasteiger partial charge >= 0.3 is 0 Å². The van der Waals surface area contributed by atoms with Crippen molar-refractivity contribution in [2.24, 2.45) is 5.92 Å². The maximum absolute atomic E-state index is 11.9. The first-order valence-electron chi connectivity index (χ1n) is 5.18. The molecule has 1 aliphatic carbocycles. The van der Waals surface area contributed by atoms with Crippen LogP contribution in [0.3, 0.4) is 0 Å². The second-order valence-electron chi connectivity index (χ2n) is 3.96. The molecule has 3 rings (SSSR count). The number of aromatic nitrogens is 3. The van der Waals surface area contributed by atoms with Crippen molar-refractivity contribution in [3.05, 3.63) is 23.3 Å². The Morgan fingerprint density at radius 1 is 1.47 bits per heavy atom. The molecule has 4 nitrogen and oxygen atoms in total. The zero-order chi connectivity index (χ0) is 10.4. The van der Waals surface area contributed by atoms with Crippen LogP contribution in [0, 0.1) is 5.92 Å². The summed E-state index contributed by atoms with van der Waals surface area (Å²) in [7, 11) is 0. The van der Waals surface area contributed by atoms with Crippen molar-refractivity contribution >= 4 is 16.8 Å². The highest BCUT2D eigenvalue weighted by Crippen LogP contribution is 2.32. The number of fused-ring (bicyclic) bond motifs is 3. The smallest absolute Gasteiger partial charge is 0.166 e. The van der Waals surface area contributed by atoms with Gasteiger partial charge in [-0.3, -0.25) is 4.79 Å². The second kappa shape index (κ2) is 2.89. The Morgan fingerprint density at radius 3 is 3.13 bits per heavy atom. The SMILES string of the molecule is CCC1Cc2c(ccc3n[nH]nc23)C1=O. The number of carbonyl (C=O) groups is 1. The predicted molar refractivity (Wildman–Crippen MR) is 55.7 cm³/mol. The largest absolute Gasteiger partial charge is 0.294 e. The number of aromatic amines is 1. The van der Waals surface area contributed by atoms with E-state index in [0.717, 1.165) is 35.0 Å². The molecule has 0 saturated carbocycles. The number of hydrogen-bond donors (Lipinski definition) is 1. The number of H-pyrrole nitrogens is 1. The first kappa shape index (κ1) is 8.59. The lowest BCUT2D eigenvalue weighted by Crippen LogP contribution is -2.06. The van der Waals surface area contributed by atoms with Crippen LogP contribution in [0.4, 0.5) is 0 Å². The normalized spacial score (nSPS) is 19.8. The van der Waals surface area contributed by atoms with E-state index in [1.807, 2.05) is 12.1 Å². The van der Waals surface area contributed by atoms with E-state index in [9.17, 15) is 4.79 Å². The molecular weight excluding hydrogens is 190 g/mol. The van der Waals surface area contributed by atoms with Crippen LogP contribution in [0.1, 0.15) is 29.3 Å². The number of hydrogen-bond acceptors (Lipinski definition) is 3. The molecule has 1 aromatic carbocycles. The summed E-state index contributed by atoms with van der Waals surface area (Å²) in [5, 5.41) is 10.7. The van der Waals surface area contributed by atoms with Crippen molar-refractivity contribution in [2.75, 3.05) is 0 Å². The molecule has 15 heavy (non-hydrogen) atoms. The maximum atomic E-state index is 11.9. The highest BCUT2D eigenvalue weighted by atomic mass is 16.1. The minimum atomic E-state index is 0.141. The fraction of sp³-hybridized carbons (Fsp3) is 0.364. The van der Waals surface area contributed by atoms with Crippen LogP contribution >= 0.6 is 0 Å². The van der Waals surface area contributed by atoms with E-state index < -0.39 is 0 Å². The van der Waals surface area contributed by atoms with E-state index in [0.29, 0.717) is 0 Å². The Labute approximate surface area is 86.7 Å². The van der Waals surface area contributed by atoms with Gasteiger partial charge in [-0.15, -0.1) is 0 Å². The molecule has 0 aliphatic heterocycles. The Kier molecular flexibility index (Phi) is 1.65. The summed E-state index contributed by atoms with van der Waals surface area (Å²) < 4.78 is 0. The molecule has 1 heterocycles. The predicted octanol–water partition coefficient (Wildman–Crippen LogP) is 1.72. The Morgan fingerprint density at radius 2 is 2.33 bits per heavy atom. The molecule has 1 N–H and O–H groups in total. The molecule has 1 atom stereocenters. The summed E-state index contributed by atoms with van der Waals surface area (Å²) in [5.74, 6) is 0.402. The van der Waals surface area contributed by atoms with Gasteiger partial charge in [0.2, 0.25) is 0 Å². The van der Waals surface area contributed by atoms with Gasteiger partial charge in [0.1, 0.15) is 11.0 Å². The molecule has 2 aromatic rings. The third kappa shape index (κ3) is 1.04. The number of Topliss-reactive ketones (excluding diaryl/α,β-unsaturated/α-hetero) is 1. The summed E-state index contributed by atoms with van der Waals surface area (Å²) in [4.78, 5) is 11.9. The fourth-order valence-electron chi connectivity index (χ4n) is 2.29. The number of nitrogens with one attached hydrogen (secondary N) is 1. The fourth-order valence-corrected chi connectivity index (χ4v) is 2.29. The van der Waals surface area contributed by atoms with E-state index in [1.165, 1.54) is 0 Å². The van der Waals surface area contributed by atoms with Gasteiger partial charge in [0.05, 0.1) is 0 Å². The van der Waals surface area contributed by atoms with Gasteiger partial charge in [-0.05, 0) is 30.5 Å². The Hall–Kier alpha value is -1.71. The van der Waals surface area contributed by atoms with Gasteiger partial charge in [0.25, 0.3) is 0 Å². The lowest BCUT2D eigenvalue weighted by Gasteiger charge is -2.00. The minimum Gasteiger partial charge on any atom is -0.294 e. The van der Waals surface area contributed by atoms with Crippen LogP contribution in [0.5, 0.6) is 0 Å². The quantitative estimate of drug-likeness (QED) is 0.764. The van der Waals surface area contributed by atoms with Crippen molar-refractivity contribution < 1.29 is 4.79 Å². The van der Waals surface area contributed by atoms with Gasteiger partial charge in [-0.2, -0.15) is 15.4 Å². The molecule has 4 heteroatoms. The summed E-state index contributed by atoms with van der Waals surface area (Å²) in [5.41, 5.74) is 3.61. The number of ketones is 1. The molecule has 0 bridgehead atoms. The lowest BCUT2D eigenvalue weighted by molar-refractivity contribution is 0.0934. The summed E-state index contributed by atoms with van der Waals surface area (Å²) in [6, 6.07) is 3.73. The third-order valence-electron chi connectivity index (χ3n) is 3.17. The van der Waals surface area contributed by atoms with Crippen LogP contribution in [-0.4, -0.2) is 21.2 Å². The zero-order valence-corrected chi connectivity index (χ0v) is 8.45. The third-order valence-corrected chi connectivity index (χ3v) is 3.17. The van der Waals surface area contributed by atoms with Crippen molar-refractivity contribution in [1.82, 2.24) is 15.4 Å². The lowest BCUT2D eigenvalue weighted by atomic mass is 10.0. The van der Waals surface area contributed by atoms with E-state index >= 15 is 0 Å². The van der Waals surface area contributed by atoms with Crippen molar-refractivity contribution in [1.29, 1.82) is 0 Å². The number of rotatable bonds is 1. The van der Waals surface area contributed by atoms with Gasteiger partial charge in [-0.1, -0.05) is 6.92 Å². The summed E-state index contributed by atoms with van der Waals surface area (Å²) in [6.45, 7) is 2.05. The molecule has 76 valence electrons. The van der Waals surface area contributed by atoms with Crippen molar-refractivity contribution in [2.45, 2.75) is 19.8 Å². The van der Waals surface area contributed by atoms with Crippen molar-refractivity contribution in [3.8, 4) is 0 Å². The highest BCUT2D eigenvalue weighted by molar-refractivity contribution is 6.05. The molecule has 0 saturated heterocycles. The van der Waals surface area contributed by atoms with Crippen LogP contribution in [0.2, 0.25) is 0 Å². The number of nitrogens with zero attached hydrogens (tertiary/aromatic N) is 2. The molecule has 0 amide bonds. The average molecular weight is 201 g/mol. The molecular formula is C11H11N3O. The number of carbonyl (C=O) groups excluding carboxylic acids is 1. The molecule has 0 spiro atoms. The topological polar surface area (TPSA) is 58.6 Å². The van der Waals surface area contributed by atoms with Crippen LogP contribution in [0.25, 0.3) is 11.0 Å². The summed E-state index contributed by atoms with van der Waals surface area (Å²) in [6.07, 6.45) is 1.71. The first-order chi connectivity index (χ1) is 7.31. The second-order valence-corrected chi connectivity index (χ2v) is 3.96.